The molecule has 2 amide bonds. The zero-order valence-electron chi connectivity index (χ0n) is 17.2. The molecule has 30 heavy (non-hydrogen) atoms. The van der Waals surface area contributed by atoms with Crippen molar-refractivity contribution in [2.45, 2.75) is 25.9 Å². The number of hydrogen-bond donors (Lipinski definition) is 2. The summed E-state index contributed by atoms with van der Waals surface area (Å²) in [6.07, 6.45) is -1.59. The lowest BCUT2D eigenvalue weighted by Gasteiger charge is -2.36. The highest BCUT2D eigenvalue weighted by atomic mass is 19.4. The largest absolute Gasteiger partial charge is 0.416 e. The molecule has 1 aromatic rings. The van der Waals surface area contributed by atoms with Gasteiger partial charge in [0.05, 0.1) is 5.56 Å². The number of amides is 2. The maximum absolute atomic E-state index is 12.7. The lowest BCUT2D eigenvalue weighted by atomic mass is 10.1. The lowest BCUT2D eigenvalue weighted by Crippen LogP contribution is -2.46. The summed E-state index contributed by atoms with van der Waals surface area (Å²) in [5, 5.41) is 4.05. The van der Waals surface area contributed by atoms with Crippen molar-refractivity contribution >= 4 is 23.8 Å². The van der Waals surface area contributed by atoms with Crippen molar-refractivity contribution in [3.05, 3.63) is 29.8 Å². The number of carbonyl (C=O) groups is 2. The van der Waals surface area contributed by atoms with Crippen LogP contribution in [0.1, 0.15) is 25.3 Å². The van der Waals surface area contributed by atoms with E-state index >= 15 is 0 Å². The molecule has 8 nitrogen and oxygen atoms in total. The van der Waals surface area contributed by atoms with Crippen LogP contribution in [-0.2, 0) is 11.0 Å². The van der Waals surface area contributed by atoms with Gasteiger partial charge in [0, 0.05) is 38.9 Å². The second-order valence-electron chi connectivity index (χ2n) is 6.73. The number of primary amides is 1. The smallest absolute Gasteiger partial charge is 0.380 e. The molecule has 1 heterocycles. The monoisotopic (exact) mass is 430 g/mol. The first-order valence-corrected chi connectivity index (χ1v) is 9.55. The van der Waals surface area contributed by atoms with Crippen LogP contribution in [0.3, 0.4) is 0 Å². The number of carbonyl (C=O) groups excluding carboxylic acids is 2. The Hall–Kier alpha value is -2.82. The highest BCUT2D eigenvalue weighted by Gasteiger charge is 2.31. The topological polar surface area (TPSA) is 108 Å². The van der Waals surface area contributed by atoms with Gasteiger partial charge in [-0.05, 0) is 31.2 Å². The lowest BCUT2D eigenvalue weighted by molar-refractivity contribution is -0.137. The van der Waals surface area contributed by atoms with Crippen LogP contribution in [0.25, 0.3) is 0 Å². The maximum Gasteiger partial charge on any atom is 0.416 e. The van der Waals surface area contributed by atoms with Gasteiger partial charge in [-0.3, -0.25) is 9.69 Å². The zero-order chi connectivity index (χ0) is 22.7. The molecule has 168 valence electrons. The van der Waals surface area contributed by atoms with Gasteiger partial charge in [0.2, 0.25) is 0 Å². The molecule has 1 aromatic carbocycles. The average Bonchev–Trinajstić information content (AvgIpc) is 2.72. The first-order chi connectivity index (χ1) is 14.1. The minimum absolute atomic E-state index is 0.290. The fourth-order valence-corrected chi connectivity index (χ4v) is 2.74. The van der Waals surface area contributed by atoms with E-state index in [2.05, 4.69) is 16.9 Å². The van der Waals surface area contributed by atoms with Crippen molar-refractivity contribution in [2.75, 3.05) is 44.7 Å². The molecule has 0 atom stereocenters. The molecule has 2 rings (SSSR count). The van der Waals surface area contributed by atoms with E-state index in [-0.39, 0.29) is 5.84 Å². The Morgan fingerprint density at radius 1 is 1.23 bits per heavy atom. The fourth-order valence-electron chi connectivity index (χ4n) is 2.74. The number of nitrogens with zero attached hydrogens (tertiary/aromatic N) is 4. The van der Waals surface area contributed by atoms with E-state index in [0.29, 0.717) is 12.0 Å². The summed E-state index contributed by atoms with van der Waals surface area (Å²) >= 11 is 0. The number of alkyl halides is 3. The van der Waals surface area contributed by atoms with Crippen LogP contribution in [0.15, 0.2) is 29.4 Å². The third-order valence-corrected chi connectivity index (χ3v) is 4.44. The van der Waals surface area contributed by atoms with Crippen molar-refractivity contribution in [1.29, 1.82) is 0 Å². The Morgan fingerprint density at radius 3 is 2.37 bits per heavy atom. The summed E-state index contributed by atoms with van der Waals surface area (Å²) in [6, 6.07) is 4.85. The number of piperazine rings is 1. The molecule has 0 bridgehead atoms. The zero-order valence-corrected chi connectivity index (χ0v) is 17.2. The van der Waals surface area contributed by atoms with Crippen LogP contribution >= 0.6 is 0 Å². The molecular weight excluding hydrogens is 401 g/mol. The fraction of sp³-hybridized carbons (Fsp3) is 0.526. The van der Waals surface area contributed by atoms with E-state index in [9.17, 15) is 22.8 Å². The SMILES string of the molecule is CCCCN1CCN(c2cccc(C(F)(F)F)c2)CC1.CN(/N=C(/N)C=O)C(N)=O. The second-order valence-corrected chi connectivity index (χ2v) is 6.73. The van der Waals surface area contributed by atoms with Gasteiger partial charge in [0.25, 0.3) is 0 Å². The van der Waals surface area contributed by atoms with Crippen LogP contribution in [0.4, 0.5) is 23.7 Å². The number of hydrazone groups is 1. The summed E-state index contributed by atoms with van der Waals surface area (Å²) in [6.45, 7) is 6.70. The van der Waals surface area contributed by atoms with E-state index < -0.39 is 17.8 Å². The van der Waals surface area contributed by atoms with Crippen LogP contribution in [0.2, 0.25) is 0 Å². The molecule has 0 spiro atoms. The summed E-state index contributed by atoms with van der Waals surface area (Å²) in [4.78, 5) is 24.5. The van der Waals surface area contributed by atoms with Crippen molar-refractivity contribution < 1.29 is 22.8 Å². The van der Waals surface area contributed by atoms with E-state index in [1.54, 1.807) is 6.07 Å². The minimum Gasteiger partial charge on any atom is -0.380 e. The first-order valence-electron chi connectivity index (χ1n) is 9.55. The van der Waals surface area contributed by atoms with E-state index in [4.69, 9.17) is 11.5 Å². The van der Waals surface area contributed by atoms with Crippen molar-refractivity contribution in [3.8, 4) is 0 Å². The third-order valence-electron chi connectivity index (χ3n) is 4.44. The van der Waals surface area contributed by atoms with Crippen LogP contribution in [-0.4, -0.2) is 67.8 Å². The molecule has 0 aromatic heterocycles. The summed E-state index contributed by atoms with van der Waals surface area (Å²) in [5.41, 5.74) is 9.80. The van der Waals surface area contributed by atoms with Gasteiger partial charge in [0.1, 0.15) is 0 Å². The summed E-state index contributed by atoms with van der Waals surface area (Å²) in [7, 11) is 1.29. The predicted octanol–water partition coefficient (Wildman–Crippen LogP) is 2.10. The molecule has 0 unspecified atom stereocenters. The van der Waals surface area contributed by atoms with Gasteiger partial charge in [-0.2, -0.15) is 13.2 Å². The first kappa shape index (κ1) is 25.2. The molecule has 1 fully saturated rings. The minimum atomic E-state index is -4.26. The molecule has 0 aliphatic carbocycles. The van der Waals surface area contributed by atoms with Gasteiger partial charge in [-0.1, -0.05) is 19.4 Å². The molecule has 1 aliphatic rings. The number of benzene rings is 1. The number of anilines is 1. The van der Waals surface area contributed by atoms with Crippen molar-refractivity contribution in [1.82, 2.24) is 9.91 Å². The van der Waals surface area contributed by atoms with Crippen LogP contribution < -0.4 is 16.4 Å². The van der Waals surface area contributed by atoms with Gasteiger partial charge < -0.3 is 16.4 Å². The molecule has 0 saturated carbocycles. The summed E-state index contributed by atoms with van der Waals surface area (Å²) < 4.78 is 38.1. The molecule has 4 N–H and O–H groups in total. The number of amidine groups is 1. The Kier molecular flexibility index (Phi) is 10.1. The Labute approximate surface area is 174 Å². The highest BCUT2D eigenvalue weighted by Crippen LogP contribution is 2.31. The predicted molar refractivity (Wildman–Crippen MR) is 110 cm³/mol. The van der Waals surface area contributed by atoms with Gasteiger partial charge >= 0.3 is 12.2 Å². The summed E-state index contributed by atoms with van der Waals surface area (Å²) in [5.74, 6) is -0.290. The number of unbranched alkanes of at least 4 members (excludes halogenated alkanes) is 1. The van der Waals surface area contributed by atoms with E-state index in [1.165, 1.54) is 32.0 Å². The Morgan fingerprint density at radius 2 is 1.87 bits per heavy atom. The van der Waals surface area contributed by atoms with E-state index in [1.807, 2.05) is 4.90 Å². The van der Waals surface area contributed by atoms with Gasteiger partial charge in [0.15, 0.2) is 12.1 Å². The molecule has 1 aliphatic heterocycles. The molecular formula is C19H29F3N6O2. The van der Waals surface area contributed by atoms with Crippen molar-refractivity contribution in [3.63, 3.8) is 0 Å². The molecule has 1 saturated heterocycles. The molecule has 11 heteroatoms. The quantitative estimate of drug-likeness (QED) is 0.311. The highest BCUT2D eigenvalue weighted by molar-refractivity contribution is 6.26. The molecule has 0 radical (unpaired) electrons. The number of rotatable bonds is 6. The maximum atomic E-state index is 12.7. The van der Waals surface area contributed by atoms with Crippen LogP contribution in [0.5, 0.6) is 0 Å². The normalized spacial score (nSPS) is 15.2. The Bertz CT molecular complexity index is 718. The number of nitrogens with two attached hydrogens (primary N) is 2. The third kappa shape index (κ3) is 8.68. The number of urea groups is 1. The Balaban J connectivity index is 0.000000382. The number of aldehydes is 1. The van der Waals surface area contributed by atoms with Crippen LogP contribution in [0, 0.1) is 0 Å². The van der Waals surface area contributed by atoms with E-state index in [0.717, 1.165) is 43.8 Å². The standard InChI is InChI=1S/C15H21F3N2.C4H8N4O2/c1-2-3-7-19-8-10-20(11-9-19)14-6-4-5-13(12-14)15(16,17)18;1-8(4(6)10)7-3(5)2-9/h4-6,12H,2-3,7-11H2,1H3;2H,1H3,(H2,5,7)(H2,6,10). The average molecular weight is 430 g/mol. The van der Waals surface area contributed by atoms with Gasteiger partial charge in [-0.25, -0.2) is 9.80 Å². The number of hydrogen-bond acceptors (Lipinski definition) is 5. The van der Waals surface area contributed by atoms with Gasteiger partial charge in [-0.15, -0.1) is 5.10 Å². The van der Waals surface area contributed by atoms with Crippen molar-refractivity contribution in [2.24, 2.45) is 16.6 Å². The number of halogens is 3. The second kappa shape index (κ2) is 12.0.